The third-order valence-electron chi connectivity index (χ3n) is 2.68. The molecule has 1 aliphatic heterocycles. The first-order chi connectivity index (χ1) is 6.56. The van der Waals surface area contributed by atoms with Crippen LogP contribution < -0.4 is 5.32 Å². The number of amidine groups is 1. The first-order valence-corrected chi connectivity index (χ1v) is 6.50. The van der Waals surface area contributed by atoms with Gasteiger partial charge in [0.25, 0.3) is 0 Å². The maximum Gasteiger partial charge on any atom is 0.156 e. The molecule has 0 radical (unpaired) electrons. The van der Waals surface area contributed by atoms with Crippen LogP contribution in [0.5, 0.6) is 0 Å². The summed E-state index contributed by atoms with van der Waals surface area (Å²) in [6, 6.07) is 0. The lowest BCUT2D eigenvalue weighted by Gasteiger charge is -2.35. The normalized spacial score (nSPS) is 30.8. The quantitative estimate of drug-likeness (QED) is 0.781. The molecule has 1 unspecified atom stereocenters. The molecule has 1 atom stereocenters. The fourth-order valence-electron chi connectivity index (χ4n) is 1.35. The van der Waals surface area contributed by atoms with E-state index < -0.39 is 0 Å². The molecule has 0 aromatic heterocycles. The Labute approximate surface area is 92.0 Å². The molecule has 1 fully saturated rings. The predicted octanol–water partition coefficient (Wildman–Crippen LogP) is 2.89. The highest BCUT2D eigenvalue weighted by Gasteiger charge is 2.27. The molecule has 2 nitrogen and oxygen atoms in total. The Morgan fingerprint density at radius 3 is 2.86 bits per heavy atom. The van der Waals surface area contributed by atoms with Crippen LogP contribution in [0.3, 0.4) is 0 Å². The first-order valence-electron chi connectivity index (χ1n) is 5.51. The van der Waals surface area contributed by atoms with Crippen molar-refractivity contribution in [2.45, 2.75) is 46.1 Å². The topological polar surface area (TPSA) is 24.4 Å². The van der Waals surface area contributed by atoms with Gasteiger partial charge in [0.05, 0.1) is 0 Å². The molecular weight excluding hydrogens is 192 g/mol. The van der Waals surface area contributed by atoms with Crippen molar-refractivity contribution in [1.82, 2.24) is 5.32 Å². The zero-order chi connectivity index (χ0) is 10.6. The van der Waals surface area contributed by atoms with E-state index in [1.165, 1.54) is 18.6 Å². The second-order valence-corrected chi connectivity index (χ2v) is 5.76. The standard InChI is InChI=1S/C11H22N2S/c1-5-11(4)6-7-14-10(13-11)12-8-9(2)3/h9H,5-8H2,1-4H3,(H,12,13). The van der Waals surface area contributed by atoms with E-state index in [0.717, 1.165) is 11.7 Å². The Balaban J connectivity index is 2.51. The van der Waals surface area contributed by atoms with Crippen molar-refractivity contribution < 1.29 is 0 Å². The van der Waals surface area contributed by atoms with Gasteiger partial charge in [0.15, 0.2) is 5.17 Å². The van der Waals surface area contributed by atoms with Crippen molar-refractivity contribution in [2.24, 2.45) is 10.9 Å². The largest absolute Gasteiger partial charge is 0.360 e. The zero-order valence-corrected chi connectivity index (χ0v) is 10.6. The van der Waals surface area contributed by atoms with Gasteiger partial charge < -0.3 is 5.32 Å². The summed E-state index contributed by atoms with van der Waals surface area (Å²) >= 11 is 1.86. The maximum absolute atomic E-state index is 4.59. The van der Waals surface area contributed by atoms with Gasteiger partial charge in [-0.05, 0) is 25.7 Å². The lowest BCUT2D eigenvalue weighted by Crippen LogP contribution is -2.48. The summed E-state index contributed by atoms with van der Waals surface area (Å²) in [5.41, 5.74) is 0.279. The average molecular weight is 214 g/mol. The van der Waals surface area contributed by atoms with Crippen LogP contribution in [-0.4, -0.2) is 23.0 Å². The number of hydrogen-bond acceptors (Lipinski definition) is 2. The van der Waals surface area contributed by atoms with Crippen molar-refractivity contribution in [3.05, 3.63) is 0 Å². The van der Waals surface area contributed by atoms with E-state index in [0.29, 0.717) is 5.92 Å². The minimum absolute atomic E-state index is 0.279. The van der Waals surface area contributed by atoms with Gasteiger partial charge >= 0.3 is 0 Å². The number of thioether (sulfide) groups is 1. The molecule has 0 bridgehead atoms. The average Bonchev–Trinajstić information content (AvgIpc) is 2.15. The van der Waals surface area contributed by atoms with E-state index in [2.05, 4.69) is 38.0 Å². The van der Waals surface area contributed by atoms with Gasteiger partial charge in [-0.2, -0.15) is 0 Å². The monoisotopic (exact) mass is 214 g/mol. The molecule has 0 aromatic carbocycles. The summed E-state index contributed by atoms with van der Waals surface area (Å²) in [5, 5.41) is 4.70. The number of hydrogen-bond donors (Lipinski definition) is 1. The van der Waals surface area contributed by atoms with Gasteiger partial charge in [0, 0.05) is 17.8 Å². The Morgan fingerprint density at radius 1 is 1.57 bits per heavy atom. The molecule has 0 saturated carbocycles. The van der Waals surface area contributed by atoms with Crippen LogP contribution in [0.15, 0.2) is 4.99 Å². The van der Waals surface area contributed by atoms with Crippen molar-refractivity contribution >= 4 is 16.9 Å². The summed E-state index contributed by atoms with van der Waals surface area (Å²) in [4.78, 5) is 4.59. The number of aliphatic imine (C=N–C) groups is 1. The molecule has 1 rings (SSSR count). The third-order valence-corrected chi connectivity index (χ3v) is 3.59. The molecule has 0 spiro atoms. The molecule has 82 valence electrons. The van der Waals surface area contributed by atoms with Gasteiger partial charge in [-0.3, -0.25) is 4.99 Å². The Bertz CT molecular complexity index is 213. The number of rotatable bonds is 3. The Morgan fingerprint density at radius 2 is 2.29 bits per heavy atom. The van der Waals surface area contributed by atoms with E-state index in [9.17, 15) is 0 Å². The van der Waals surface area contributed by atoms with Crippen molar-refractivity contribution in [1.29, 1.82) is 0 Å². The zero-order valence-electron chi connectivity index (χ0n) is 9.76. The molecule has 3 heteroatoms. The molecule has 1 aliphatic rings. The van der Waals surface area contributed by atoms with Crippen molar-refractivity contribution in [3.63, 3.8) is 0 Å². The SMILES string of the molecule is CCC1(C)CCSC(=NCC(C)C)N1. The van der Waals surface area contributed by atoms with Crippen LogP contribution in [0.4, 0.5) is 0 Å². The van der Waals surface area contributed by atoms with Crippen LogP contribution in [-0.2, 0) is 0 Å². The van der Waals surface area contributed by atoms with Crippen LogP contribution >= 0.6 is 11.8 Å². The molecule has 14 heavy (non-hydrogen) atoms. The van der Waals surface area contributed by atoms with Crippen LogP contribution in [0, 0.1) is 5.92 Å². The van der Waals surface area contributed by atoms with E-state index in [4.69, 9.17) is 0 Å². The summed E-state index contributed by atoms with van der Waals surface area (Å²) in [7, 11) is 0. The van der Waals surface area contributed by atoms with E-state index in [1.54, 1.807) is 0 Å². The van der Waals surface area contributed by atoms with Crippen molar-refractivity contribution in [2.75, 3.05) is 12.3 Å². The lowest BCUT2D eigenvalue weighted by molar-refractivity contribution is 0.389. The van der Waals surface area contributed by atoms with Gasteiger partial charge in [-0.1, -0.05) is 32.5 Å². The van der Waals surface area contributed by atoms with Gasteiger partial charge in [-0.25, -0.2) is 0 Å². The fourth-order valence-corrected chi connectivity index (χ4v) is 2.58. The second-order valence-electron chi connectivity index (χ2n) is 4.68. The maximum atomic E-state index is 4.59. The van der Waals surface area contributed by atoms with E-state index >= 15 is 0 Å². The highest BCUT2D eigenvalue weighted by Crippen LogP contribution is 2.24. The Kier molecular flexibility index (Phi) is 4.30. The van der Waals surface area contributed by atoms with Gasteiger partial charge in [0.2, 0.25) is 0 Å². The van der Waals surface area contributed by atoms with Crippen LogP contribution in [0.2, 0.25) is 0 Å². The molecule has 1 N–H and O–H groups in total. The summed E-state index contributed by atoms with van der Waals surface area (Å²) in [6.45, 7) is 9.88. The lowest BCUT2D eigenvalue weighted by atomic mass is 9.96. The first kappa shape index (κ1) is 11.9. The number of nitrogens with zero attached hydrogens (tertiary/aromatic N) is 1. The summed E-state index contributed by atoms with van der Waals surface area (Å²) in [6.07, 6.45) is 2.42. The highest BCUT2D eigenvalue weighted by molar-refractivity contribution is 8.13. The van der Waals surface area contributed by atoms with Crippen LogP contribution in [0.1, 0.15) is 40.5 Å². The summed E-state index contributed by atoms with van der Waals surface area (Å²) < 4.78 is 0. The van der Waals surface area contributed by atoms with Crippen LogP contribution in [0.25, 0.3) is 0 Å². The highest BCUT2D eigenvalue weighted by atomic mass is 32.2. The summed E-state index contributed by atoms with van der Waals surface area (Å²) in [5.74, 6) is 1.86. The van der Waals surface area contributed by atoms with Gasteiger partial charge in [-0.15, -0.1) is 0 Å². The smallest absolute Gasteiger partial charge is 0.156 e. The third kappa shape index (κ3) is 3.52. The van der Waals surface area contributed by atoms with E-state index in [1.807, 2.05) is 11.8 Å². The predicted molar refractivity (Wildman–Crippen MR) is 66.0 cm³/mol. The second kappa shape index (κ2) is 5.06. The molecule has 0 aromatic rings. The molecule has 0 aliphatic carbocycles. The molecule has 1 heterocycles. The van der Waals surface area contributed by atoms with Gasteiger partial charge in [0.1, 0.15) is 0 Å². The Hall–Kier alpha value is -0.180. The fraction of sp³-hybridized carbons (Fsp3) is 0.909. The minimum atomic E-state index is 0.279. The molecule has 1 saturated heterocycles. The van der Waals surface area contributed by atoms with Crippen molar-refractivity contribution in [3.8, 4) is 0 Å². The number of nitrogens with one attached hydrogen (secondary N) is 1. The molecular formula is C11H22N2S. The minimum Gasteiger partial charge on any atom is -0.360 e. The molecule has 0 amide bonds. The van der Waals surface area contributed by atoms with E-state index in [-0.39, 0.29) is 5.54 Å².